The first-order chi connectivity index (χ1) is 9.47. The molecule has 2 rings (SSSR count). The first-order valence-electron chi connectivity index (χ1n) is 7.27. The van der Waals surface area contributed by atoms with Crippen LogP contribution in [0.4, 0.5) is 5.69 Å². The third kappa shape index (κ3) is 3.51. The van der Waals surface area contributed by atoms with Crippen LogP contribution in [0.5, 0.6) is 0 Å². The zero-order valence-corrected chi connectivity index (χ0v) is 12.8. The van der Waals surface area contributed by atoms with Crippen LogP contribution in [-0.4, -0.2) is 43.5 Å². The summed E-state index contributed by atoms with van der Waals surface area (Å²) in [5.74, 6) is 0.520. The van der Waals surface area contributed by atoms with E-state index in [2.05, 4.69) is 35.4 Å². The van der Waals surface area contributed by atoms with Gasteiger partial charge in [-0.05, 0) is 31.6 Å². The Morgan fingerprint density at radius 2 is 2.10 bits per heavy atom. The summed E-state index contributed by atoms with van der Waals surface area (Å²) in [5.41, 5.74) is 2.31. The van der Waals surface area contributed by atoms with Crippen molar-refractivity contribution >= 4 is 11.6 Å². The van der Waals surface area contributed by atoms with E-state index < -0.39 is 0 Å². The summed E-state index contributed by atoms with van der Waals surface area (Å²) >= 11 is 0. The monoisotopic (exact) mass is 275 g/mol. The van der Waals surface area contributed by atoms with Crippen molar-refractivity contribution < 1.29 is 4.79 Å². The van der Waals surface area contributed by atoms with Gasteiger partial charge in [-0.3, -0.25) is 4.79 Å². The molecule has 1 amide bonds. The number of anilines is 1. The van der Waals surface area contributed by atoms with Crippen molar-refractivity contribution in [3.8, 4) is 0 Å². The van der Waals surface area contributed by atoms with Gasteiger partial charge in [0, 0.05) is 24.7 Å². The molecule has 0 aromatic heterocycles. The lowest BCUT2D eigenvalue weighted by Crippen LogP contribution is -2.49. The third-order valence-electron chi connectivity index (χ3n) is 3.78. The predicted octanol–water partition coefficient (Wildman–Crippen LogP) is 1.73. The number of rotatable bonds is 5. The maximum atomic E-state index is 12.4. The van der Waals surface area contributed by atoms with E-state index in [1.165, 1.54) is 5.56 Å². The SMILES string of the molecule is CC(C)C(CN(C)C)NC(=O)C1Cc2ccccc2N1. The fraction of sp³-hybridized carbons (Fsp3) is 0.562. The minimum Gasteiger partial charge on any atom is -0.373 e. The average Bonchev–Trinajstić information content (AvgIpc) is 2.81. The molecular weight excluding hydrogens is 250 g/mol. The molecule has 4 heteroatoms. The van der Waals surface area contributed by atoms with Crippen LogP contribution < -0.4 is 10.6 Å². The van der Waals surface area contributed by atoms with E-state index in [1.54, 1.807) is 0 Å². The molecular formula is C16H25N3O. The Bertz CT molecular complexity index is 446. The molecule has 2 atom stereocenters. The normalized spacial score (nSPS) is 18.8. The Morgan fingerprint density at radius 1 is 1.40 bits per heavy atom. The van der Waals surface area contributed by atoms with Gasteiger partial charge in [-0.1, -0.05) is 32.0 Å². The van der Waals surface area contributed by atoms with E-state index in [1.807, 2.05) is 32.3 Å². The molecule has 1 aliphatic rings. The quantitative estimate of drug-likeness (QED) is 0.860. The topological polar surface area (TPSA) is 44.4 Å². The molecule has 2 unspecified atom stereocenters. The molecule has 0 spiro atoms. The summed E-state index contributed by atoms with van der Waals surface area (Å²) in [6, 6.07) is 8.16. The highest BCUT2D eigenvalue weighted by Crippen LogP contribution is 2.25. The van der Waals surface area contributed by atoms with E-state index in [0.717, 1.165) is 18.7 Å². The zero-order valence-electron chi connectivity index (χ0n) is 12.8. The van der Waals surface area contributed by atoms with Crippen molar-refractivity contribution in [3.05, 3.63) is 29.8 Å². The average molecular weight is 275 g/mol. The first-order valence-corrected chi connectivity index (χ1v) is 7.27. The minimum atomic E-state index is -0.143. The molecule has 20 heavy (non-hydrogen) atoms. The van der Waals surface area contributed by atoms with Crippen LogP contribution in [-0.2, 0) is 11.2 Å². The van der Waals surface area contributed by atoms with Crippen LogP contribution in [0.2, 0.25) is 0 Å². The third-order valence-corrected chi connectivity index (χ3v) is 3.78. The number of nitrogens with zero attached hydrogens (tertiary/aromatic N) is 1. The highest BCUT2D eigenvalue weighted by molar-refractivity contribution is 5.87. The summed E-state index contributed by atoms with van der Waals surface area (Å²) in [5, 5.41) is 6.49. The maximum absolute atomic E-state index is 12.4. The molecule has 0 bridgehead atoms. The number of hydrogen-bond acceptors (Lipinski definition) is 3. The van der Waals surface area contributed by atoms with Crippen molar-refractivity contribution in [1.29, 1.82) is 0 Å². The van der Waals surface area contributed by atoms with Gasteiger partial charge in [-0.25, -0.2) is 0 Å². The fourth-order valence-electron chi connectivity index (χ4n) is 2.56. The van der Waals surface area contributed by atoms with E-state index in [4.69, 9.17) is 0 Å². The highest BCUT2D eigenvalue weighted by atomic mass is 16.2. The second-order valence-corrected chi connectivity index (χ2v) is 6.18. The first kappa shape index (κ1) is 14.9. The molecule has 1 aromatic carbocycles. The van der Waals surface area contributed by atoms with Crippen molar-refractivity contribution in [3.63, 3.8) is 0 Å². The number of fused-ring (bicyclic) bond motifs is 1. The minimum absolute atomic E-state index is 0.0988. The smallest absolute Gasteiger partial charge is 0.243 e. The van der Waals surface area contributed by atoms with Gasteiger partial charge in [0.2, 0.25) is 5.91 Å². The molecule has 0 saturated heterocycles. The molecule has 1 aliphatic heterocycles. The van der Waals surface area contributed by atoms with Gasteiger partial charge in [0.15, 0.2) is 0 Å². The Labute approximate surface area is 121 Å². The lowest BCUT2D eigenvalue weighted by molar-refractivity contribution is -0.122. The second-order valence-electron chi connectivity index (χ2n) is 6.18. The van der Waals surface area contributed by atoms with Crippen molar-refractivity contribution in [2.75, 3.05) is 26.0 Å². The molecule has 1 aromatic rings. The standard InChI is InChI=1S/C16H25N3O/c1-11(2)15(10-19(3)4)18-16(20)14-9-12-7-5-6-8-13(12)17-14/h5-8,11,14-15,17H,9-10H2,1-4H3,(H,18,20). The molecule has 4 nitrogen and oxygen atoms in total. The summed E-state index contributed by atoms with van der Waals surface area (Å²) in [4.78, 5) is 14.5. The van der Waals surface area contributed by atoms with E-state index in [9.17, 15) is 4.79 Å². The Balaban J connectivity index is 1.96. The summed E-state index contributed by atoms with van der Waals surface area (Å²) in [7, 11) is 4.07. The van der Waals surface area contributed by atoms with Crippen molar-refractivity contribution in [1.82, 2.24) is 10.2 Å². The molecule has 0 fully saturated rings. The van der Waals surface area contributed by atoms with Gasteiger partial charge in [0.25, 0.3) is 0 Å². The van der Waals surface area contributed by atoms with E-state index in [0.29, 0.717) is 5.92 Å². The van der Waals surface area contributed by atoms with Crippen molar-refractivity contribution in [2.24, 2.45) is 5.92 Å². The van der Waals surface area contributed by atoms with Crippen LogP contribution in [0, 0.1) is 5.92 Å². The van der Waals surface area contributed by atoms with E-state index >= 15 is 0 Å². The zero-order chi connectivity index (χ0) is 14.7. The van der Waals surface area contributed by atoms with Gasteiger partial charge in [0.05, 0.1) is 0 Å². The number of amides is 1. The number of para-hydroxylation sites is 1. The van der Waals surface area contributed by atoms with E-state index in [-0.39, 0.29) is 18.0 Å². The summed E-state index contributed by atoms with van der Waals surface area (Å²) in [6.45, 7) is 5.15. The summed E-state index contributed by atoms with van der Waals surface area (Å²) in [6.07, 6.45) is 0.773. The molecule has 0 saturated carbocycles. The number of nitrogens with one attached hydrogen (secondary N) is 2. The number of benzene rings is 1. The highest BCUT2D eigenvalue weighted by Gasteiger charge is 2.28. The van der Waals surface area contributed by atoms with Crippen LogP contribution in [0.15, 0.2) is 24.3 Å². The number of likely N-dealkylation sites (N-methyl/N-ethyl adjacent to an activating group) is 1. The lowest BCUT2D eigenvalue weighted by Gasteiger charge is -2.27. The second kappa shape index (κ2) is 6.27. The van der Waals surface area contributed by atoms with Crippen LogP contribution >= 0.6 is 0 Å². The fourth-order valence-corrected chi connectivity index (χ4v) is 2.56. The molecule has 2 N–H and O–H groups in total. The Kier molecular flexibility index (Phi) is 4.65. The molecule has 0 aliphatic carbocycles. The largest absolute Gasteiger partial charge is 0.373 e. The Hall–Kier alpha value is -1.55. The van der Waals surface area contributed by atoms with Gasteiger partial charge in [-0.2, -0.15) is 0 Å². The van der Waals surface area contributed by atoms with Gasteiger partial charge in [-0.15, -0.1) is 0 Å². The molecule has 110 valence electrons. The van der Waals surface area contributed by atoms with Crippen LogP contribution in [0.25, 0.3) is 0 Å². The number of hydrogen-bond donors (Lipinski definition) is 2. The van der Waals surface area contributed by atoms with Crippen LogP contribution in [0.1, 0.15) is 19.4 Å². The van der Waals surface area contributed by atoms with Crippen molar-refractivity contribution in [2.45, 2.75) is 32.4 Å². The van der Waals surface area contributed by atoms with Gasteiger partial charge in [0.1, 0.15) is 6.04 Å². The van der Waals surface area contributed by atoms with Gasteiger partial charge < -0.3 is 15.5 Å². The molecule has 1 heterocycles. The maximum Gasteiger partial charge on any atom is 0.243 e. The number of carbonyl (C=O) groups excluding carboxylic acids is 1. The summed E-state index contributed by atoms with van der Waals surface area (Å²) < 4.78 is 0. The number of carbonyl (C=O) groups is 1. The predicted molar refractivity (Wildman–Crippen MR) is 82.9 cm³/mol. The lowest BCUT2D eigenvalue weighted by atomic mass is 10.0. The molecule has 0 radical (unpaired) electrons. The Morgan fingerprint density at radius 3 is 2.70 bits per heavy atom. The van der Waals surface area contributed by atoms with Crippen LogP contribution in [0.3, 0.4) is 0 Å². The van der Waals surface area contributed by atoms with Gasteiger partial charge >= 0.3 is 0 Å².